The molecule has 106 valence electrons. The van der Waals surface area contributed by atoms with E-state index in [1.54, 1.807) is 6.07 Å². The molecule has 1 aromatic heterocycles. The first-order valence-corrected chi connectivity index (χ1v) is 5.73. The van der Waals surface area contributed by atoms with Crippen LogP contribution in [-0.4, -0.2) is 26.6 Å². The van der Waals surface area contributed by atoms with Crippen molar-refractivity contribution in [1.29, 1.82) is 5.26 Å². The fourth-order valence-electron chi connectivity index (χ4n) is 1.45. The Morgan fingerprint density at radius 3 is 2.67 bits per heavy atom. The van der Waals surface area contributed by atoms with Crippen LogP contribution in [0, 0.1) is 17.1 Å². The zero-order chi connectivity index (χ0) is 15.2. The molecular formula is C12H9FN6O2. The molecule has 0 radical (unpaired) electrons. The molecule has 0 aliphatic heterocycles. The number of nitriles is 1. The van der Waals surface area contributed by atoms with Gasteiger partial charge in [0.2, 0.25) is 5.82 Å². The van der Waals surface area contributed by atoms with Crippen molar-refractivity contribution in [2.45, 2.75) is 6.54 Å². The van der Waals surface area contributed by atoms with E-state index in [0.717, 1.165) is 12.1 Å². The van der Waals surface area contributed by atoms with Crippen molar-refractivity contribution in [3.63, 3.8) is 0 Å². The number of hydrogen-bond acceptors (Lipinski definition) is 5. The smallest absolute Gasteiger partial charge is 0.269 e. The molecular weight excluding hydrogens is 279 g/mol. The Morgan fingerprint density at radius 2 is 2.00 bits per heavy atom. The number of aromatic nitrogens is 3. The Balaban J connectivity index is 1.88. The van der Waals surface area contributed by atoms with Crippen LogP contribution < -0.4 is 10.9 Å². The van der Waals surface area contributed by atoms with Crippen molar-refractivity contribution in [2.24, 2.45) is 0 Å². The number of halogens is 1. The van der Waals surface area contributed by atoms with E-state index in [2.05, 4.69) is 21.0 Å². The van der Waals surface area contributed by atoms with Crippen LogP contribution >= 0.6 is 0 Å². The Hall–Kier alpha value is -3.28. The molecule has 0 saturated carbocycles. The summed E-state index contributed by atoms with van der Waals surface area (Å²) in [7, 11) is 0. The third-order valence-electron chi connectivity index (χ3n) is 2.45. The predicted octanol–water partition coefficient (Wildman–Crippen LogP) is -0.250. The molecule has 0 aliphatic carbocycles. The standard InChI is InChI=1S/C12H9FN6O2/c13-9-3-1-8(2-4-9)12(21)18-17-11(20)6-19-7-15-16-10(19)5-14/h1-4,7H,6H2,(H,17,20)(H,18,21). The van der Waals surface area contributed by atoms with Crippen LogP contribution in [0.25, 0.3) is 0 Å². The van der Waals surface area contributed by atoms with Gasteiger partial charge in [0.05, 0.1) is 0 Å². The quantitative estimate of drug-likeness (QED) is 0.756. The minimum absolute atomic E-state index is 0.0185. The van der Waals surface area contributed by atoms with E-state index in [1.165, 1.54) is 23.0 Å². The molecule has 2 rings (SSSR count). The van der Waals surface area contributed by atoms with Gasteiger partial charge in [-0.05, 0) is 24.3 Å². The van der Waals surface area contributed by atoms with Crippen molar-refractivity contribution < 1.29 is 14.0 Å². The Labute approximate surface area is 118 Å². The van der Waals surface area contributed by atoms with E-state index in [-0.39, 0.29) is 17.9 Å². The van der Waals surface area contributed by atoms with Crippen LogP contribution in [0.5, 0.6) is 0 Å². The van der Waals surface area contributed by atoms with E-state index in [0.29, 0.717) is 0 Å². The minimum Gasteiger partial charge on any atom is -0.296 e. The molecule has 0 aliphatic rings. The first-order valence-electron chi connectivity index (χ1n) is 5.73. The minimum atomic E-state index is -0.590. The Bertz CT molecular complexity index is 703. The van der Waals surface area contributed by atoms with Gasteiger partial charge >= 0.3 is 0 Å². The van der Waals surface area contributed by atoms with Gasteiger partial charge in [-0.2, -0.15) is 5.26 Å². The summed E-state index contributed by atoms with van der Waals surface area (Å²) < 4.78 is 13.9. The number of benzene rings is 1. The van der Waals surface area contributed by atoms with E-state index in [1.807, 2.05) is 0 Å². The molecule has 2 amide bonds. The lowest BCUT2D eigenvalue weighted by molar-refractivity contribution is -0.122. The van der Waals surface area contributed by atoms with Gasteiger partial charge in [-0.1, -0.05) is 0 Å². The third-order valence-corrected chi connectivity index (χ3v) is 2.45. The van der Waals surface area contributed by atoms with Gasteiger partial charge < -0.3 is 0 Å². The molecule has 0 fully saturated rings. The topological polar surface area (TPSA) is 113 Å². The van der Waals surface area contributed by atoms with Gasteiger partial charge in [-0.25, -0.2) is 4.39 Å². The summed E-state index contributed by atoms with van der Waals surface area (Å²) in [5, 5.41) is 15.7. The molecule has 1 aromatic carbocycles. The number of nitrogens with one attached hydrogen (secondary N) is 2. The van der Waals surface area contributed by atoms with E-state index >= 15 is 0 Å². The zero-order valence-electron chi connectivity index (χ0n) is 10.6. The second kappa shape index (κ2) is 6.25. The third kappa shape index (κ3) is 3.60. The van der Waals surface area contributed by atoms with E-state index in [9.17, 15) is 14.0 Å². The lowest BCUT2D eigenvalue weighted by Crippen LogP contribution is -2.43. The highest BCUT2D eigenvalue weighted by atomic mass is 19.1. The molecule has 0 saturated heterocycles. The second-order valence-electron chi connectivity index (χ2n) is 3.90. The van der Waals surface area contributed by atoms with Crippen molar-refractivity contribution in [3.8, 4) is 6.07 Å². The molecule has 9 heteroatoms. The van der Waals surface area contributed by atoms with Crippen LogP contribution in [0.1, 0.15) is 16.2 Å². The summed E-state index contributed by atoms with van der Waals surface area (Å²) in [6.45, 7) is -0.223. The number of hydrazine groups is 1. The van der Waals surface area contributed by atoms with Crippen LogP contribution in [0.15, 0.2) is 30.6 Å². The first-order chi connectivity index (χ1) is 10.1. The zero-order valence-corrected chi connectivity index (χ0v) is 10.6. The lowest BCUT2D eigenvalue weighted by atomic mass is 10.2. The highest BCUT2D eigenvalue weighted by Crippen LogP contribution is 2.01. The number of rotatable bonds is 3. The highest BCUT2D eigenvalue weighted by Gasteiger charge is 2.10. The summed E-state index contributed by atoms with van der Waals surface area (Å²) in [4.78, 5) is 23.3. The predicted molar refractivity (Wildman–Crippen MR) is 66.7 cm³/mol. The normalized spacial score (nSPS) is 9.71. The SMILES string of the molecule is N#Cc1nncn1CC(=O)NNC(=O)c1ccc(F)cc1. The monoisotopic (exact) mass is 288 g/mol. The van der Waals surface area contributed by atoms with Gasteiger partial charge in [0.1, 0.15) is 24.8 Å². The molecule has 1 heterocycles. The Morgan fingerprint density at radius 1 is 1.29 bits per heavy atom. The molecule has 2 aromatic rings. The summed E-state index contributed by atoms with van der Waals surface area (Å²) in [5.74, 6) is -1.64. The maximum absolute atomic E-state index is 12.7. The first kappa shape index (κ1) is 14.1. The molecule has 2 N–H and O–H groups in total. The summed E-state index contributed by atoms with van der Waals surface area (Å²) >= 11 is 0. The van der Waals surface area contributed by atoms with Crippen molar-refractivity contribution in [2.75, 3.05) is 0 Å². The second-order valence-corrected chi connectivity index (χ2v) is 3.90. The maximum Gasteiger partial charge on any atom is 0.269 e. The van der Waals surface area contributed by atoms with Gasteiger partial charge in [0, 0.05) is 5.56 Å². The van der Waals surface area contributed by atoms with Gasteiger partial charge in [-0.15, -0.1) is 10.2 Å². The van der Waals surface area contributed by atoms with E-state index in [4.69, 9.17) is 5.26 Å². The number of amides is 2. The summed E-state index contributed by atoms with van der Waals surface area (Å²) in [5.41, 5.74) is 4.53. The lowest BCUT2D eigenvalue weighted by Gasteiger charge is -2.07. The fourth-order valence-corrected chi connectivity index (χ4v) is 1.45. The molecule has 0 bridgehead atoms. The fraction of sp³-hybridized carbons (Fsp3) is 0.0833. The van der Waals surface area contributed by atoms with Crippen molar-refractivity contribution in [3.05, 3.63) is 47.8 Å². The average Bonchev–Trinajstić information content (AvgIpc) is 2.92. The van der Waals surface area contributed by atoms with E-state index < -0.39 is 17.6 Å². The summed E-state index contributed by atoms with van der Waals surface area (Å²) in [6, 6.07) is 6.59. The highest BCUT2D eigenvalue weighted by molar-refractivity contribution is 5.95. The van der Waals surface area contributed by atoms with Crippen molar-refractivity contribution >= 4 is 11.8 Å². The van der Waals surface area contributed by atoms with Gasteiger partial charge in [0.25, 0.3) is 11.8 Å². The van der Waals surface area contributed by atoms with Crippen LogP contribution in [0.3, 0.4) is 0 Å². The number of carbonyl (C=O) groups is 2. The maximum atomic E-state index is 12.7. The molecule has 0 spiro atoms. The molecule has 0 unspecified atom stereocenters. The number of hydrogen-bond donors (Lipinski definition) is 2. The van der Waals surface area contributed by atoms with Gasteiger partial charge in [-0.3, -0.25) is 25.0 Å². The number of carbonyl (C=O) groups excluding carboxylic acids is 2. The largest absolute Gasteiger partial charge is 0.296 e. The molecule has 8 nitrogen and oxygen atoms in total. The Kier molecular flexibility index (Phi) is 4.20. The molecule has 0 atom stereocenters. The summed E-state index contributed by atoms with van der Waals surface area (Å²) in [6.07, 6.45) is 1.22. The van der Waals surface area contributed by atoms with Crippen LogP contribution in [0.4, 0.5) is 4.39 Å². The van der Waals surface area contributed by atoms with Crippen LogP contribution in [-0.2, 0) is 11.3 Å². The van der Waals surface area contributed by atoms with Gasteiger partial charge in [0.15, 0.2) is 0 Å². The van der Waals surface area contributed by atoms with Crippen molar-refractivity contribution in [1.82, 2.24) is 25.6 Å². The molecule has 21 heavy (non-hydrogen) atoms. The van der Waals surface area contributed by atoms with Crippen LogP contribution in [0.2, 0.25) is 0 Å². The number of nitrogens with zero attached hydrogens (tertiary/aromatic N) is 4. The average molecular weight is 288 g/mol.